The predicted octanol–water partition coefficient (Wildman–Crippen LogP) is 2.09. The van der Waals surface area contributed by atoms with Crippen LogP contribution in [0.2, 0.25) is 0 Å². The van der Waals surface area contributed by atoms with E-state index in [0.29, 0.717) is 6.04 Å². The molecular weight excluding hydrogens is 160 g/mol. The molecule has 0 aromatic rings. The Morgan fingerprint density at radius 1 is 1.38 bits per heavy atom. The zero-order chi connectivity index (χ0) is 10.5. The van der Waals surface area contributed by atoms with Crippen LogP contribution in [0.4, 0.5) is 0 Å². The standard InChI is InChI=1S/C11H26N2/c1-6-10(3)13(5)9-11(4,7-2)8-12/h10H,6-9,12H2,1-5H3. The van der Waals surface area contributed by atoms with E-state index in [1.807, 2.05) is 0 Å². The molecule has 2 atom stereocenters. The number of rotatable bonds is 6. The van der Waals surface area contributed by atoms with Crippen molar-refractivity contribution in [2.45, 2.75) is 46.6 Å². The summed E-state index contributed by atoms with van der Waals surface area (Å²) in [6.45, 7) is 10.9. The maximum atomic E-state index is 5.78. The number of nitrogens with two attached hydrogens (primary N) is 1. The molecule has 2 nitrogen and oxygen atoms in total. The van der Waals surface area contributed by atoms with E-state index in [-0.39, 0.29) is 5.41 Å². The van der Waals surface area contributed by atoms with E-state index in [1.54, 1.807) is 0 Å². The number of nitrogens with zero attached hydrogens (tertiary/aromatic N) is 1. The van der Waals surface area contributed by atoms with Crippen LogP contribution >= 0.6 is 0 Å². The van der Waals surface area contributed by atoms with Gasteiger partial charge in [-0.2, -0.15) is 0 Å². The van der Waals surface area contributed by atoms with Crippen LogP contribution in [0.15, 0.2) is 0 Å². The molecule has 0 aliphatic carbocycles. The highest BCUT2D eigenvalue weighted by Crippen LogP contribution is 2.21. The molecule has 2 N–H and O–H groups in total. The monoisotopic (exact) mass is 186 g/mol. The molecule has 0 fully saturated rings. The molecule has 0 spiro atoms. The fourth-order valence-corrected chi connectivity index (χ4v) is 1.39. The van der Waals surface area contributed by atoms with Crippen LogP contribution in [-0.2, 0) is 0 Å². The van der Waals surface area contributed by atoms with Gasteiger partial charge in [-0.05, 0) is 38.8 Å². The molecule has 0 heterocycles. The summed E-state index contributed by atoms with van der Waals surface area (Å²) in [6.07, 6.45) is 2.37. The Morgan fingerprint density at radius 3 is 2.23 bits per heavy atom. The summed E-state index contributed by atoms with van der Waals surface area (Å²) in [5.74, 6) is 0. The number of hydrogen-bond donors (Lipinski definition) is 1. The summed E-state index contributed by atoms with van der Waals surface area (Å²) in [4.78, 5) is 2.41. The van der Waals surface area contributed by atoms with Gasteiger partial charge in [0, 0.05) is 12.6 Å². The zero-order valence-electron chi connectivity index (χ0n) is 9.93. The second kappa shape index (κ2) is 5.61. The van der Waals surface area contributed by atoms with Gasteiger partial charge in [0.25, 0.3) is 0 Å². The van der Waals surface area contributed by atoms with Crippen LogP contribution < -0.4 is 5.73 Å². The summed E-state index contributed by atoms with van der Waals surface area (Å²) >= 11 is 0. The highest BCUT2D eigenvalue weighted by molar-refractivity contribution is 4.78. The van der Waals surface area contributed by atoms with Gasteiger partial charge in [-0.1, -0.05) is 20.8 Å². The molecule has 0 bridgehead atoms. The van der Waals surface area contributed by atoms with Crippen molar-refractivity contribution in [3.8, 4) is 0 Å². The Bertz CT molecular complexity index is 130. The van der Waals surface area contributed by atoms with Gasteiger partial charge < -0.3 is 10.6 Å². The average molecular weight is 186 g/mol. The Balaban J connectivity index is 4.08. The summed E-state index contributed by atoms with van der Waals surface area (Å²) in [5.41, 5.74) is 6.07. The zero-order valence-corrected chi connectivity index (χ0v) is 9.93. The van der Waals surface area contributed by atoms with Crippen molar-refractivity contribution in [2.75, 3.05) is 20.1 Å². The average Bonchev–Trinajstić information content (AvgIpc) is 2.16. The minimum Gasteiger partial charge on any atom is -0.330 e. The Kier molecular flexibility index (Phi) is 5.57. The van der Waals surface area contributed by atoms with Crippen LogP contribution in [0.5, 0.6) is 0 Å². The molecule has 0 aliphatic heterocycles. The van der Waals surface area contributed by atoms with Crippen LogP contribution in [0, 0.1) is 5.41 Å². The summed E-state index contributed by atoms with van der Waals surface area (Å²) in [7, 11) is 2.19. The van der Waals surface area contributed by atoms with Gasteiger partial charge in [0.05, 0.1) is 0 Å². The van der Waals surface area contributed by atoms with Crippen molar-refractivity contribution in [1.29, 1.82) is 0 Å². The van der Waals surface area contributed by atoms with Gasteiger partial charge in [-0.25, -0.2) is 0 Å². The van der Waals surface area contributed by atoms with Gasteiger partial charge in [0.15, 0.2) is 0 Å². The molecule has 0 saturated carbocycles. The van der Waals surface area contributed by atoms with Crippen LogP contribution in [0.3, 0.4) is 0 Å². The van der Waals surface area contributed by atoms with Crippen molar-refractivity contribution in [3.63, 3.8) is 0 Å². The molecule has 0 aromatic carbocycles. The largest absolute Gasteiger partial charge is 0.330 e. The van der Waals surface area contributed by atoms with E-state index in [4.69, 9.17) is 5.73 Å². The first-order valence-corrected chi connectivity index (χ1v) is 5.39. The molecule has 0 radical (unpaired) electrons. The molecule has 0 saturated heterocycles. The smallest absolute Gasteiger partial charge is 0.00614 e. The lowest BCUT2D eigenvalue weighted by Gasteiger charge is -2.34. The van der Waals surface area contributed by atoms with Gasteiger partial charge >= 0.3 is 0 Å². The molecule has 0 rings (SSSR count). The van der Waals surface area contributed by atoms with Crippen molar-refractivity contribution < 1.29 is 0 Å². The molecule has 2 heteroatoms. The lowest BCUT2D eigenvalue weighted by atomic mass is 9.87. The summed E-state index contributed by atoms with van der Waals surface area (Å²) in [5, 5.41) is 0. The maximum Gasteiger partial charge on any atom is 0.00614 e. The third kappa shape index (κ3) is 4.10. The van der Waals surface area contributed by atoms with Crippen molar-refractivity contribution in [3.05, 3.63) is 0 Å². The molecule has 2 unspecified atom stereocenters. The minimum atomic E-state index is 0.290. The van der Waals surface area contributed by atoms with E-state index in [0.717, 1.165) is 19.5 Å². The van der Waals surface area contributed by atoms with Crippen LogP contribution in [0.1, 0.15) is 40.5 Å². The molecule has 13 heavy (non-hydrogen) atoms. The number of hydrogen-bond acceptors (Lipinski definition) is 2. The van der Waals surface area contributed by atoms with Crippen LogP contribution in [-0.4, -0.2) is 31.1 Å². The van der Waals surface area contributed by atoms with E-state index in [1.165, 1.54) is 6.42 Å². The highest BCUT2D eigenvalue weighted by Gasteiger charge is 2.23. The van der Waals surface area contributed by atoms with Crippen molar-refractivity contribution in [1.82, 2.24) is 4.90 Å². The van der Waals surface area contributed by atoms with Crippen LogP contribution in [0.25, 0.3) is 0 Å². The third-order valence-corrected chi connectivity index (χ3v) is 3.32. The topological polar surface area (TPSA) is 29.3 Å². The SMILES string of the molecule is CCC(C)N(C)CC(C)(CC)CN. The first-order chi connectivity index (χ1) is 5.99. The van der Waals surface area contributed by atoms with E-state index in [9.17, 15) is 0 Å². The minimum absolute atomic E-state index is 0.290. The Morgan fingerprint density at radius 2 is 1.92 bits per heavy atom. The fourth-order valence-electron chi connectivity index (χ4n) is 1.39. The van der Waals surface area contributed by atoms with E-state index >= 15 is 0 Å². The predicted molar refractivity (Wildman–Crippen MR) is 59.8 cm³/mol. The fraction of sp³-hybridized carbons (Fsp3) is 1.00. The van der Waals surface area contributed by atoms with Gasteiger partial charge in [-0.15, -0.1) is 0 Å². The van der Waals surface area contributed by atoms with E-state index in [2.05, 4.69) is 39.6 Å². The Labute approximate surface area is 83.5 Å². The maximum absolute atomic E-state index is 5.78. The van der Waals surface area contributed by atoms with E-state index < -0.39 is 0 Å². The lowest BCUT2D eigenvalue weighted by Crippen LogP contribution is -2.42. The van der Waals surface area contributed by atoms with Gasteiger partial charge in [0.2, 0.25) is 0 Å². The molecular formula is C11H26N2. The van der Waals surface area contributed by atoms with Gasteiger partial charge in [0.1, 0.15) is 0 Å². The first kappa shape index (κ1) is 12.9. The second-order valence-corrected chi connectivity index (χ2v) is 4.54. The quantitative estimate of drug-likeness (QED) is 0.688. The normalized spacial score (nSPS) is 18.7. The van der Waals surface area contributed by atoms with Crippen molar-refractivity contribution in [2.24, 2.45) is 11.1 Å². The lowest BCUT2D eigenvalue weighted by molar-refractivity contribution is 0.153. The molecule has 0 amide bonds. The summed E-state index contributed by atoms with van der Waals surface area (Å²) < 4.78 is 0. The van der Waals surface area contributed by atoms with Gasteiger partial charge in [-0.3, -0.25) is 0 Å². The van der Waals surface area contributed by atoms with Crippen molar-refractivity contribution >= 4 is 0 Å². The molecule has 80 valence electrons. The molecule has 0 aromatic heterocycles. The highest BCUT2D eigenvalue weighted by atomic mass is 15.1. The molecule has 0 aliphatic rings. The summed E-state index contributed by atoms with van der Waals surface area (Å²) in [6, 6.07) is 0.664. The third-order valence-electron chi connectivity index (χ3n) is 3.32. The second-order valence-electron chi connectivity index (χ2n) is 4.54. The first-order valence-electron chi connectivity index (χ1n) is 5.39. The Hall–Kier alpha value is -0.0800.